The van der Waals surface area contributed by atoms with E-state index in [2.05, 4.69) is 4.98 Å². The van der Waals surface area contributed by atoms with Gasteiger partial charge in [0, 0.05) is 32.6 Å². The lowest BCUT2D eigenvalue weighted by molar-refractivity contribution is 0.187. The standard InChI is InChI=1S/C19H21N5O3/c1-13-11-23-15-16(20-18(23)22(13)9-10-27-3)21(2)19(26)24(17(15)25)12-14-7-5-4-6-8-14/h4-8,11H,9-10,12H2,1-3H3. The molecule has 0 unspecified atom stereocenters. The molecule has 140 valence electrons. The van der Waals surface area contributed by atoms with Crippen LogP contribution in [-0.2, 0) is 24.9 Å². The Morgan fingerprint density at radius 2 is 1.85 bits per heavy atom. The normalized spacial score (nSPS) is 11.7. The third-order valence-corrected chi connectivity index (χ3v) is 4.84. The molecule has 0 aliphatic rings. The van der Waals surface area contributed by atoms with Crippen molar-refractivity contribution >= 4 is 16.9 Å². The van der Waals surface area contributed by atoms with E-state index in [1.807, 2.05) is 48.0 Å². The van der Waals surface area contributed by atoms with Gasteiger partial charge in [-0.15, -0.1) is 0 Å². The highest BCUT2D eigenvalue weighted by molar-refractivity contribution is 5.75. The SMILES string of the molecule is COCCn1c(C)cn2c3c(=O)n(Cc4ccccc4)c(=O)n(C)c3nc12. The van der Waals surface area contributed by atoms with Gasteiger partial charge in [0.1, 0.15) is 0 Å². The zero-order valence-corrected chi connectivity index (χ0v) is 15.5. The summed E-state index contributed by atoms with van der Waals surface area (Å²) in [4.78, 5) is 30.5. The van der Waals surface area contributed by atoms with Crippen molar-refractivity contribution in [1.29, 1.82) is 0 Å². The van der Waals surface area contributed by atoms with Crippen LogP contribution in [0.5, 0.6) is 0 Å². The van der Waals surface area contributed by atoms with E-state index in [4.69, 9.17) is 4.74 Å². The van der Waals surface area contributed by atoms with Crippen molar-refractivity contribution in [3.8, 4) is 0 Å². The van der Waals surface area contributed by atoms with Crippen molar-refractivity contribution in [2.24, 2.45) is 7.05 Å². The molecule has 3 heterocycles. The predicted octanol–water partition coefficient (Wildman–Crippen LogP) is 1.15. The van der Waals surface area contributed by atoms with E-state index >= 15 is 0 Å². The van der Waals surface area contributed by atoms with Crippen LogP contribution in [0.1, 0.15) is 11.3 Å². The number of hydrogen-bond donors (Lipinski definition) is 0. The van der Waals surface area contributed by atoms with Gasteiger partial charge in [0.05, 0.1) is 13.2 Å². The van der Waals surface area contributed by atoms with Crippen molar-refractivity contribution in [3.05, 3.63) is 68.6 Å². The molecule has 0 radical (unpaired) electrons. The summed E-state index contributed by atoms with van der Waals surface area (Å²) >= 11 is 0. The number of benzene rings is 1. The van der Waals surface area contributed by atoms with Gasteiger partial charge in [0.2, 0.25) is 5.78 Å². The number of imidazole rings is 2. The number of fused-ring (bicyclic) bond motifs is 3. The Hall–Kier alpha value is -3.13. The molecule has 0 aliphatic heterocycles. The van der Waals surface area contributed by atoms with Gasteiger partial charge in [-0.2, -0.15) is 4.98 Å². The third kappa shape index (κ3) is 2.69. The molecule has 1 aromatic carbocycles. The number of aromatic nitrogens is 5. The highest BCUT2D eigenvalue weighted by Crippen LogP contribution is 2.16. The summed E-state index contributed by atoms with van der Waals surface area (Å²) in [5.41, 5.74) is 1.94. The van der Waals surface area contributed by atoms with Gasteiger partial charge >= 0.3 is 5.69 Å². The summed E-state index contributed by atoms with van der Waals surface area (Å²) in [6, 6.07) is 9.47. The second-order valence-corrected chi connectivity index (χ2v) is 6.59. The van der Waals surface area contributed by atoms with Gasteiger partial charge in [0.15, 0.2) is 11.2 Å². The van der Waals surface area contributed by atoms with Crippen LogP contribution < -0.4 is 11.2 Å². The van der Waals surface area contributed by atoms with Gasteiger partial charge in [-0.3, -0.25) is 18.3 Å². The summed E-state index contributed by atoms with van der Waals surface area (Å²) in [6.07, 6.45) is 1.87. The smallest absolute Gasteiger partial charge is 0.332 e. The second-order valence-electron chi connectivity index (χ2n) is 6.59. The van der Waals surface area contributed by atoms with Crippen molar-refractivity contribution in [3.63, 3.8) is 0 Å². The largest absolute Gasteiger partial charge is 0.383 e. The first-order valence-electron chi connectivity index (χ1n) is 8.73. The first-order valence-corrected chi connectivity index (χ1v) is 8.73. The Morgan fingerprint density at radius 1 is 1.11 bits per heavy atom. The van der Waals surface area contributed by atoms with Crippen LogP contribution in [0.3, 0.4) is 0 Å². The Bertz CT molecular complexity index is 1240. The van der Waals surface area contributed by atoms with Crippen molar-refractivity contribution in [2.45, 2.75) is 20.0 Å². The zero-order chi connectivity index (χ0) is 19.1. The molecular formula is C19H21N5O3. The summed E-state index contributed by atoms with van der Waals surface area (Å²) in [6.45, 7) is 3.33. The molecule has 4 rings (SSSR count). The van der Waals surface area contributed by atoms with E-state index in [9.17, 15) is 9.59 Å². The number of ether oxygens (including phenoxy) is 1. The fourth-order valence-electron chi connectivity index (χ4n) is 3.42. The molecule has 8 heteroatoms. The van der Waals surface area contributed by atoms with E-state index in [1.54, 1.807) is 18.6 Å². The molecule has 0 saturated carbocycles. The number of hydrogen-bond acceptors (Lipinski definition) is 4. The highest BCUT2D eigenvalue weighted by Gasteiger charge is 2.20. The molecule has 27 heavy (non-hydrogen) atoms. The average Bonchev–Trinajstić information content (AvgIpc) is 3.18. The molecule has 0 fully saturated rings. The Kier molecular flexibility index (Phi) is 4.19. The van der Waals surface area contributed by atoms with Crippen LogP contribution in [0.2, 0.25) is 0 Å². The van der Waals surface area contributed by atoms with Crippen LogP contribution in [0.15, 0.2) is 46.1 Å². The molecular weight excluding hydrogens is 346 g/mol. The molecule has 0 saturated heterocycles. The molecule has 8 nitrogen and oxygen atoms in total. The molecule has 4 aromatic rings. The van der Waals surface area contributed by atoms with Crippen LogP contribution in [-0.4, -0.2) is 36.8 Å². The monoisotopic (exact) mass is 367 g/mol. The lowest BCUT2D eigenvalue weighted by Crippen LogP contribution is -2.39. The van der Waals surface area contributed by atoms with Gasteiger partial charge in [-0.05, 0) is 12.5 Å². The fraction of sp³-hybridized carbons (Fsp3) is 0.316. The molecule has 0 aliphatic carbocycles. The number of methoxy groups -OCH3 is 1. The van der Waals surface area contributed by atoms with E-state index in [1.165, 1.54) is 9.13 Å². The molecule has 0 bridgehead atoms. The summed E-state index contributed by atoms with van der Waals surface area (Å²) in [7, 11) is 3.29. The minimum absolute atomic E-state index is 0.221. The summed E-state index contributed by atoms with van der Waals surface area (Å²) < 4.78 is 11.6. The van der Waals surface area contributed by atoms with Crippen molar-refractivity contribution in [1.82, 2.24) is 23.1 Å². The first kappa shape index (κ1) is 17.3. The van der Waals surface area contributed by atoms with Crippen LogP contribution in [0.4, 0.5) is 0 Å². The third-order valence-electron chi connectivity index (χ3n) is 4.84. The zero-order valence-electron chi connectivity index (χ0n) is 15.5. The van der Waals surface area contributed by atoms with Crippen molar-refractivity contribution < 1.29 is 4.74 Å². The Labute approximate surface area is 154 Å². The van der Waals surface area contributed by atoms with E-state index in [0.717, 1.165) is 11.3 Å². The summed E-state index contributed by atoms with van der Waals surface area (Å²) in [5.74, 6) is 0.629. The minimum Gasteiger partial charge on any atom is -0.383 e. The van der Waals surface area contributed by atoms with Gasteiger partial charge in [-0.1, -0.05) is 30.3 Å². The number of rotatable bonds is 5. The van der Waals surface area contributed by atoms with E-state index < -0.39 is 0 Å². The first-order chi connectivity index (χ1) is 13.0. The quantitative estimate of drug-likeness (QED) is 0.530. The van der Waals surface area contributed by atoms with Crippen LogP contribution in [0.25, 0.3) is 16.9 Å². The maximum absolute atomic E-state index is 13.2. The van der Waals surface area contributed by atoms with Crippen LogP contribution >= 0.6 is 0 Å². The average molecular weight is 367 g/mol. The molecule has 0 N–H and O–H groups in total. The summed E-state index contributed by atoms with van der Waals surface area (Å²) in [5, 5.41) is 0. The molecule has 3 aromatic heterocycles. The highest BCUT2D eigenvalue weighted by atomic mass is 16.5. The predicted molar refractivity (Wildman–Crippen MR) is 102 cm³/mol. The maximum Gasteiger partial charge on any atom is 0.332 e. The van der Waals surface area contributed by atoms with Gasteiger partial charge < -0.3 is 9.30 Å². The maximum atomic E-state index is 13.2. The molecule has 0 spiro atoms. The lowest BCUT2D eigenvalue weighted by Gasteiger charge is -2.08. The minimum atomic E-state index is -0.378. The second kappa shape index (κ2) is 6.55. The van der Waals surface area contributed by atoms with Crippen molar-refractivity contribution in [2.75, 3.05) is 13.7 Å². The number of aryl methyl sites for hydroxylation is 2. The van der Waals surface area contributed by atoms with Gasteiger partial charge in [0.25, 0.3) is 5.56 Å². The van der Waals surface area contributed by atoms with Crippen LogP contribution in [0, 0.1) is 6.92 Å². The van der Waals surface area contributed by atoms with E-state index in [0.29, 0.717) is 30.1 Å². The number of nitrogens with zero attached hydrogens (tertiary/aromatic N) is 5. The van der Waals surface area contributed by atoms with E-state index in [-0.39, 0.29) is 17.8 Å². The fourth-order valence-corrected chi connectivity index (χ4v) is 3.42. The topological polar surface area (TPSA) is 75.5 Å². The Balaban J connectivity index is 1.98. The lowest BCUT2D eigenvalue weighted by atomic mass is 10.2. The Morgan fingerprint density at radius 3 is 2.56 bits per heavy atom. The van der Waals surface area contributed by atoms with Gasteiger partial charge in [-0.25, -0.2) is 4.79 Å². The molecule has 0 amide bonds. The molecule has 0 atom stereocenters.